The fraction of sp³-hybridized carbons (Fsp3) is 0.0714. The van der Waals surface area contributed by atoms with Crippen LogP contribution in [0.15, 0.2) is 54.6 Å². The lowest BCUT2D eigenvalue weighted by atomic mass is 10.2. The van der Waals surface area contributed by atoms with Gasteiger partial charge in [0.2, 0.25) is 0 Å². The van der Waals surface area contributed by atoms with E-state index in [1.54, 1.807) is 54.6 Å². The molecule has 3 N–H and O–H groups in total. The van der Waals surface area contributed by atoms with Crippen molar-refractivity contribution < 1.29 is 17.8 Å². The van der Waals surface area contributed by atoms with Crippen molar-refractivity contribution in [2.75, 3.05) is 5.73 Å². The number of carbonyl (C=O) groups excluding carboxylic acids is 1. The molecule has 0 saturated carbocycles. The van der Waals surface area contributed by atoms with Crippen LogP contribution in [0.4, 0.5) is 5.69 Å². The Hall–Kier alpha value is -1.89. The van der Waals surface area contributed by atoms with Gasteiger partial charge < -0.3 is 5.73 Å². The first-order chi connectivity index (χ1) is 9.78. The molecule has 0 saturated heterocycles. The van der Waals surface area contributed by atoms with Crippen LogP contribution in [0.2, 0.25) is 0 Å². The first-order valence-corrected chi connectivity index (χ1v) is 7.81. The van der Waals surface area contributed by atoms with Crippen molar-refractivity contribution in [2.24, 2.45) is 0 Å². The molecule has 0 atom stereocenters. The standard InChI is InChI=1S/C7H6ClNO.C7H8O3S/c8-7(10)5-1-3-6(9)4-2-5;8-11(9,10)6-7-4-2-1-3-5-7/h1-4H,9H2;1-5H,6H2,(H,8,9,10). The third-order valence-electron chi connectivity index (χ3n) is 2.33. The summed E-state index contributed by atoms with van der Waals surface area (Å²) in [6, 6.07) is 15.0. The number of hydrogen-bond acceptors (Lipinski definition) is 4. The molecule has 0 aliphatic heterocycles. The fourth-order valence-electron chi connectivity index (χ4n) is 1.40. The normalized spacial score (nSPS) is 10.4. The van der Waals surface area contributed by atoms with Crippen molar-refractivity contribution in [2.45, 2.75) is 5.75 Å². The van der Waals surface area contributed by atoms with E-state index >= 15 is 0 Å². The van der Waals surface area contributed by atoms with Gasteiger partial charge in [0.1, 0.15) is 5.75 Å². The van der Waals surface area contributed by atoms with E-state index in [1.807, 2.05) is 0 Å². The van der Waals surface area contributed by atoms with Gasteiger partial charge in [-0.25, -0.2) is 0 Å². The second kappa shape index (κ2) is 7.78. The Morgan fingerprint density at radius 1 is 1.05 bits per heavy atom. The van der Waals surface area contributed by atoms with Crippen LogP contribution in [0.25, 0.3) is 0 Å². The smallest absolute Gasteiger partial charge is 0.269 e. The second-order valence-corrected chi connectivity index (χ2v) is 5.90. The Morgan fingerprint density at radius 3 is 2.00 bits per heavy atom. The van der Waals surface area contributed by atoms with Crippen LogP contribution >= 0.6 is 11.6 Å². The summed E-state index contributed by atoms with van der Waals surface area (Å²) < 4.78 is 29.2. The highest BCUT2D eigenvalue weighted by atomic mass is 35.5. The average molecular weight is 328 g/mol. The van der Waals surface area contributed by atoms with E-state index in [-0.39, 0.29) is 5.75 Å². The summed E-state index contributed by atoms with van der Waals surface area (Å²) in [7, 11) is -3.88. The van der Waals surface area contributed by atoms with Crippen LogP contribution in [0.5, 0.6) is 0 Å². The maximum atomic E-state index is 10.5. The lowest BCUT2D eigenvalue weighted by Crippen LogP contribution is -2.00. The van der Waals surface area contributed by atoms with Gasteiger partial charge in [0.15, 0.2) is 0 Å². The first kappa shape index (κ1) is 17.2. The highest BCUT2D eigenvalue weighted by molar-refractivity contribution is 7.85. The zero-order valence-electron chi connectivity index (χ0n) is 10.9. The van der Waals surface area contributed by atoms with E-state index in [1.165, 1.54) is 0 Å². The zero-order valence-corrected chi connectivity index (χ0v) is 12.5. The molecule has 2 rings (SSSR count). The van der Waals surface area contributed by atoms with Crippen molar-refractivity contribution in [3.8, 4) is 0 Å². The predicted octanol–water partition coefficient (Wildman–Crippen LogP) is 2.72. The molecule has 0 aliphatic carbocycles. The van der Waals surface area contributed by atoms with Gasteiger partial charge in [-0.15, -0.1) is 0 Å². The molecule has 2 aromatic carbocycles. The van der Waals surface area contributed by atoms with Gasteiger partial charge in [0, 0.05) is 11.3 Å². The highest BCUT2D eigenvalue weighted by Gasteiger charge is 2.04. The van der Waals surface area contributed by atoms with Gasteiger partial charge in [-0.3, -0.25) is 9.35 Å². The van der Waals surface area contributed by atoms with Crippen molar-refractivity contribution in [3.63, 3.8) is 0 Å². The summed E-state index contributed by atoms with van der Waals surface area (Å²) in [6.45, 7) is 0. The summed E-state index contributed by atoms with van der Waals surface area (Å²) in [5, 5.41) is -0.458. The van der Waals surface area contributed by atoms with E-state index < -0.39 is 15.4 Å². The van der Waals surface area contributed by atoms with E-state index in [4.69, 9.17) is 21.9 Å². The van der Waals surface area contributed by atoms with E-state index in [9.17, 15) is 13.2 Å². The summed E-state index contributed by atoms with van der Waals surface area (Å²) in [5.74, 6) is -0.312. The quantitative estimate of drug-likeness (QED) is 0.513. The molecule has 0 fully saturated rings. The minimum absolute atomic E-state index is 0.312. The van der Waals surface area contributed by atoms with Crippen molar-refractivity contribution in [3.05, 3.63) is 65.7 Å². The van der Waals surface area contributed by atoms with Crippen molar-refractivity contribution >= 4 is 32.6 Å². The number of hydrogen-bond donors (Lipinski definition) is 2. The molecule has 0 amide bonds. The van der Waals surface area contributed by atoms with Gasteiger partial charge in [0.25, 0.3) is 15.4 Å². The Kier molecular flexibility index (Phi) is 6.36. The van der Waals surface area contributed by atoms with Gasteiger partial charge in [-0.05, 0) is 41.4 Å². The largest absolute Gasteiger partial charge is 0.399 e. The molecule has 7 heteroatoms. The molecule has 112 valence electrons. The number of halogens is 1. The molecule has 0 bridgehead atoms. The maximum absolute atomic E-state index is 10.5. The Bertz CT molecular complexity index is 685. The van der Waals surface area contributed by atoms with Gasteiger partial charge >= 0.3 is 0 Å². The third-order valence-corrected chi connectivity index (χ3v) is 3.25. The van der Waals surface area contributed by atoms with Crippen LogP contribution in [-0.2, 0) is 15.9 Å². The minimum atomic E-state index is -3.88. The Balaban J connectivity index is 0.000000211. The van der Waals surface area contributed by atoms with Crippen molar-refractivity contribution in [1.29, 1.82) is 0 Å². The second-order valence-electron chi connectivity index (χ2n) is 4.11. The van der Waals surface area contributed by atoms with Crippen molar-refractivity contribution in [1.82, 2.24) is 0 Å². The molecular formula is C14H14ClNO4S. The SMILES string of the molecule is Nc1ccc(C(=O)Cl)cc1.O=S(=O)(O)Cc1ccccc1. The molecule has 0 aromatic heterocycles. The molecule has 0 unspecified atom stereocenters. The summed E-state index contributed by atoms with van der Waals surface area (Å²) >= 11 is 5.18. The fourth-order valence-corrected chi connectivity index (χ4v) is 2.14. The summed E-state index contributed by atoms with van der Waals surface area (Å²) in [4.78, 5) is 10.5. The minimum Gasteiger partial charge on any atom is -0.399 e. The lowest BCUT2D eigenvalue weighted by molar-refractivity contribution is 0.108. The maximum Gasteiger partial charge on any atom is 0.269 e. The predicted molar refractivity (Wildman–Crippen MR) is 82.7 cm³/mol. The van der Waals surface area contributed by atoms with E-state index in [0.29, 0.717) is 16.8 Å². The van der Waals surface area contributed by atoms with E-state index in [0.717, 1.165) is 0 Å². The lowest BCUT2D eigenvalue weighted by Gasteiger charge is -1.95. The Morgan fingerprint density at radius 2 is 1.57 bits per heavy atom. The third kappa shape index (κ3) is 7.45. The molecule has 21 heavy (non-hydrogen) atoms. The van der Waals surface area contributed by atoms with Crippen LogP contribution in [0, 0.1) is 0 Å². The number of nitrogens with two attached hydrogens (primary N) is 1. The van der Waals surface area contributed by atoms with Gasteiger partial charge in [0.05, 0.1) is 0 Å². The number of carbonyl (C=O) groups is 1. The van der Waals surface area contributed by atoms with Crippen LogP contribution < -0.4 is 5.73 Å². The monoisotopic (exact) mass is 327 g/mol. The molecule has 0 spiro atoms. The van der Waals surface area contributed by atoms with Gasteiger partial charge in [-0.1, -0.05) is 30.3 Å². The molecule has 5 nitrogen and oxygen atoms in total. The average Bonchev–Trinajstić information content (AvgIpc) is 2.39. The van der Waals surface area contributed by atoms with Crippen LogP contribution in [0.1, 0.15) is 15.9 Å². The molecule has 0 radical (unpaired) electrons. The molecule has 0 heterocycles. The van der Waals surface area contributed by atoms with Gasteiger partial charge in [-0.2, -0.15) is 8.42 Å². The number of nitrogen functional groups attached to an aromatic ring is 1. The number of rotatable bonds is 3. The number of benzene rings is 2. The Labute approximate surface area is 128 Å². The molecule has 2 aromatic rings. The zero-order chi connectivity index (χ0) is 15.9. The summed E-state index contributed by atoms with van der Waals surface area (Å²) in [6.07, 6.45) is 0. The topological polar surface area (TPSA) is 97.5 Å². The van der Waals surface area contributed by atoms with Crippen LogP contribution in [-0.4, -0.2) is 18.2 Å². The van der Waals surface area contributed by atoms with E-state index in [2.05, 4.69) is 0 Å². The molecule has 0 aliphatic rings. The first-order valence-electron chi connectivity index (χ1n) is 5.82. The highest BCUT2D eigenvalue weighted by Crippen LogP contribution is 2.07. The van der Waals surface area contributed by atoms with Crippen LogP contribution in [0.3, 0.4) is 0 Å². The molecular weight excluding hydrogens is 314 g/mol. The summed E-state index contributed by atoms with van der Waals surface area (Å²) in [5.41, 5.74) is 7.06. The number of anilines is 1.